The maximum absolute atomic E-state index is 11.5. The van der Waals surface area contributed by atoms with Gasteiger partial charge in [0.05, 0.1) is 9.78 Å². The third-order valence-electron chi connectivity index (χ3n) is 2.75. The first-order chi connectivity index (χ1) is 10.4. The van der Waals surface area contributed by atoms with Crippen molar-refractivity contribution >= 4 is 63.3 Å². The number of carbonyl (C=O) groups excluding carboxylic acids is 1. The normalized spacial score (nSPS) is 10.8. The van der Waals surface area contributed by atoms with Crippen LogP contribution >= 0.6 is 45.2 Å². The fraction of sp³-hybridized carbons (Fsp3) is 0.357. The number of carboxylic acids is 1. The maximum Gasteiger partial charge on any atom is 0.303 e. The van der Waals surface area contributed by atoms with Crippen LogP contribution in [0.4, 0.5) is 0 Å². The van der Waals surface area contributed by atoms with E-state index in [4.69, 9.17) is 5.11 Å². The van der Waals surface area contributed by atoms with Crippen LogP contribution in [0.15, 0.2) is 17.2 Å². The van der Waals surface area contributed by atoms with E-state index >= 15 is 0 Å². The molecule has 1 rings (SSSR count). The van der Waals surface area contributed by atoms with Crippen molar-refractivity contribution < 1.29 is 19.8 Å². The Morgan fingerprint density at radius 1 is 1.18 bits per heavy atom. The van der Waals surface area contributed by atoms with E-state index in [2.05, 4.69) is 33.1 Å². The lowest BCUT2D eigenvalue weighted by molar-refractivity contribution is -0.137. The van der Waals surface area contributed by atoms with Crippen molar-refractivity contribution in [3.8, 4) is 5.75 Å². The highest BCUT2D eigenvalue weighted by Crippen LogP contribution is 2.25. The lowest BCUT2D eigenvalue weighted by Crippen LogP contribution is -2.17. The molecule has 1 amide bonds. The van der Waals surface area contributed by atoms with Gasteiger partial charge in [0, 0.05) is 22.0 Å². The number of halogens is 2. The molecule has 1 aromatic rings. The molecule has 0 aliphatic heterocycles. The van der Waals surface area contributed by atoms with E-state index in [-0.39, 0.29) is 18.1 Å². The van der Waals surface area contributed by atoms with Crippen molar-refractivity contribution in [2.45, 2.75) is 32.1 Å². The molecule has 0 spiro atoms. The lowest BCUT2D eigenvalue weighted by atomic mass is 10.1. The smallest absolute Gasteiger partial charge is 0.303 e. The summed E-state index contributed by atoms with van der Waals surface area (Å²) in [6, 6.07) is 3.60. The van der Waals surface area contributed by atoms with Gasteiger partial charge in [-0.2, -0.15) is 5.10 Å². The summed E-state index contributed by atoms with van der Waals surface area (Å²) in [5, 5.41) is 22.2. The van der Waals surface area contributed by atoms with Gasteiger partial charge in [-0.25, -0.2) is 5.43 Å². The van der Waals surface area contributed by atoms with Gasteiger partial charge in [-0.1, -0.05) is 6.42 Å². The first-order valence-electron chi connectivity index (χ1n) is 6.62. The Morgan fingerprint density at radius 3 is 2.55 bits per heavy atom. The number of hydrogen-bond donors (Lipinski definition) is 3. The number of hydrazone groups is 1. The predicted molar refractivity (Wildman–Crippen MR) is 100.0 cm³/mol. The van der Waals surface area contributed by atoms with Gasteiger partial charge in [0.15, 0.2) is 0 Å². The molecule has 0 aromatic heterocycles. The number of amides is 1. The molecular formula is C14H16I2N2O4. The van der Waals surface area contributed by atoms with Crippen LogP contribution in [0.2, 0.25) is 0 Å². The molecule has 120 valence electrons. The van der Waals surface area contributed by atoms with Crippen LogP contribution in [0.5, 0.6) is 5.75 Å². The van der Waals surface area contributed by atoms with Crippen molar-refractivity contribution in [1.29, 1.82) is 0 Å². The van der Waals surface area contributed by atoms with Crippen LogP contribution in [0, 0.1) is 7.14 Å². The second-order valence-electron chi connectivity index (χ2n) is 4.57. The predicted octanol–water partition coefficient (Wildman–Crippen LogP) is 3.09. The summed E-state index contributed by atoms with van der Waals surface area (Å²) >= 11 is 4.16. The molecule has 0 aliphatic carbocycles. The van der Waals surface area contributed by atoms with Crippen LogP contribution < -0.4 is 5.43 Å². The molecule has 0 bridgehead atoms. The molecule has 0 fully saturated rings. The number of carbonyl (C=O) groups is 2. The lowest BCUT2D eigenvalue weighted by Gasteiger charge is -2.03. The number of carboxylic acid groups (broad SMARTS) is 1. The van der Waals surface area contributed by atoms with Gasteiger partial charge in [0.25, 0.3) is 0 Å². The summed E-state index contributed by atoms with van der Waals surface area (Å²) in [4.78, 5) is 21.9. The molecule has 3 N–H and O–H groups in total. The number of benzene rings is 1. The van der Waals surface area contributed by atoms with Gasteiger partial charge >= 0.3 is 5.97 Å². The SMILES string of the molecule is O=C(O)CCCCCC(=O)N/N=C/c1cc(I)cc(I)c1O. The minimum absolute atomic E-state index is 0.129. The van der Waals surface area contributed by atoms with Gasteiger partial charge < -0.3 is 10.2 Å². The molecule has 0 saturated heterocycles. The van der Waals surface area contributed by atoms with Crippen LogP contribution in [-0.4, -0.2) is 28.3 Å². The highest BCUT2D eigenvalue weighted by Gasteiger charge is 2.05. The first kappa shape index (κ1) is 19.1. The van der Waals surface area contributed by atoms with E-state index < -0.39 is 5.97 Å². The van der Waals surface area contributed by atoms with Crippen molar-refractivity contribution in [2.75, 3.05) is 0 Å². The number of unbranched alkanes of at least 4 members (excludes halogenated alkanes) is 2. The zero-order valence-electron chi connectivity index (χ0n) is 11.7. The zero-order valence-corrected chi connectivity index (χ0v) is 16.0. The van der Waals surface area contributed by atoms with Crippen LogP contribution in [-0.2, 0) is 9.59 Å². The average molecular weight is 530 g/mol. The number of aromatic hydroxyl groups is 1. The van der Waals surface area contributed by atoms with Crippen molar-refractivity contribution in [3.63, 3.8) is 0 Å². The van der Waals surface area contributed by atoms with Gasteiger partial charge in [-0.05, 0) is 70.2 Å². The molecule has 22 heavy (non-hydrogen) atoms. The van der Waals surface area contributed by atoms with E-state index in [1.54, 1.807) is 6.07 Å². The zero-order chi connectivity index (χ0) is 16.5. The van der Waals surface area contributed by atoms with E-state index in [0.717, 1.165) is 7.14 Å². The summed E-state index contributed by atoms with van der Waals surface area (Å²) in [5.41, 5.74) is 2.94. The topological polar surface area (TPSA) is 99.0 Å². The molecule has 1 aromatic carbocycles. The first-order valence-corrected chi connectivity index (χ1v) is 8.77. The Labute approximate surface area is 155 Å². The van der Waals surface area contributed by atoms with E-state index in [0.29, 0.717) is 31.2 Å². The van der Waals surface area contributed by atoms with Gasteiger partial charge in [0.2, 0.25) is 5.91 Å². The monoisotopic (exact) mass is 530 g/mol. The maximum atomic E-state index is 11.5. The Bertz CT molecular complexity index is 576. The summed E-state index contributed by atoms with van der Waals surface area (Å²) < 4.78 is 1.68. The van der Waals surface area contributed by atoms with Gasteiger partial charge in [0.1, 0.15) is 5.75 Å². The van der Waals surface area contributed by atoms with Crippen molar-refractivity contribution in [1.82, 2.24) is 5.43 Å². The molecule has 0 radical (unpaired) electrons. The number of phenolic OH excluding ortho intramolecular Hbond substituents is 1. The summed E-state index contributed by atoms with van der Waals surface area (Å²) in [7, 11) is 0. The average Bonchev–Trinajstić information content (AvgIpc) is 2.43. The molecule has 0 saturated carbocycles. The summed E-state index contributed by atoms with van der Waals surface area (Å²) in [5.74, 6) is -0.917. The number of rotatable bonds is 8. The number of hydrogen-bond acceptors (Lipinski definition) is 4. The standard InChI is InChI=1S/C14H16I2N2O4/c15-10-6-9(14(22)11(16)7-10)8-17-18-12(19)4-2-1-3-5-13(20)21/h6-8,22H,1-5H2,(H,18,19)(H,20,21)/b17-8+. The quantitative estimate of drug-likeness (QED) is 0.208. The van der Waals surface area contributed by atoms with Crippen LogP contribution in [0.1, 0.15) is 37.7 Å². The molecule has 0 unspecified atom stereocenters. The van der Waals surface area contributed by atoms with Gasteiger partial charge in [-0.15, -0.1) is 0 Å². The van der Waals surface area contributed by atoms with E-state index in [9.17, 15) is 14.7 Å². The van der Waals surface area contributed by atoms with Crippen LogP contribution in [0.25, 0.3) is 0 Å². The number of nitrogens with zero attached hydrogens (tertiary/aromatic N) is 1. The third-order valence-corrected chi connectivity index (χ3v) is 4.19. The molecular weight excluding hydrogens is 514 g/mol. The largest absolute Gasteiger partial charge is 0.506 e. The number of phenols is 1. The molecule has 6 nitrogen and oxygen atoms in total. The highest BCUT2D eigenvalue weighted by molar-refractivity contribution is 14.1. The summed E-state index contributed by atoms with van der Waals surface area (Å²) in [6.45, 7) is 0. The van der Waals surface area contributed by atoms with Crippen molar-refractivity contribution in [3.05, 3.63) is 24.8 Å². The molecule has 8 heteroatoms. The Balaban J connectivity index is 2.36. The minimum atomic E-state index is -0.819. The third kappa shape index (κ3) is 7.38. The number of nitrogens with one attached hydrogen (secondary N) is 1. The highest BCUT2D eigenvalue weighted by atomic mass is 127. The minimum Gasteiger partial charge on any atom is -0.506 e. The second-order valence-corrected chi connectivity index (χ2v) is 6.98. The summed E-state index contributed by atoms with van der Waals surface area (Å²) in [6.07, 6.45) is 3.72. The van der Waals surface area contributed by atoms with E-state index in [1.165, 1.54) is 6.21 Å². The fourth-order valence-electron chi connectivity index (χ4n) is 1.65. The Kier molecular flexibility index (Phi) is 8.68. The van der Waals surface area contributed by atoms with Crippen molar-refractivity contribution in [2.24, 2.45) is 5.10 Å². The Hall–Kier alpha value is -0.910. The second kappa shape index (κ2) is 9.98. The van der Waals surface area contributed by atoms with E-state index in [1.807, 2.05) is 28.7 Å². The number of aliphatic carboxylic acids is 1. The van der Waals surface area contributed by atoms with Crippen LogP contribution in [0.3, 0.4) is 0 Å². The Morgan fingerprint density at radius 2 is 1.86 bits per heavy atom. The fourth-order valence-corrected chi connectivity index (χ4v) is 3.54. The molecule has 0 atom stereocenters. The molecule has 0 heterocycles. The molecule has 0 aliphatic rings. The van der Waals surface area contributed by atoms with Gasteiger partial charge in [-0.3, -0.25) is 9.59 Å².